The number of benzene rings is 1. The van der Waals surface area contributed by atoms with E-state index in [2.05, 4.69) is 33.7 Å². The molecule has 1 aliphatic carbocycles. The third-order valence-corrected chi connectivity index (χ3v) is 5.67. The summed E-state index contributed by atoms with van der Waals surface area (Å²) in [5, 5.41) is 20.4. The average molecular weight is 384 g/mol. The van der Waals surface area contributed by atoms with Gasteiger partial charge in [-0.3, -0.25) is 9.20 Å². The molecule has 4 aromatic rings. The number of amides is 1. The normalized spacial score (nSPS) is 18.5. The number of rotatable bonds is 4. The van der Waals surface area contributed by atoms with Crippen LogP contribution in [0.2, 0.25) is 0 Å². The molecule has 0 atom stereocenters. The molecule has 5 rings (SSSR count). The molecular formula is C22H20N6O. The quantitative estimate of drug-likeness (QED) is 0.586. The largest absolute Gasteiger partial charge is 0.348 e. The summed E-state index contributed by atoms with van der Waals surface area (Å²) >= 11 is 0. The van der Waals surface area contributed by atoms with Gasteiger partial charge in [-0.15, -0.1) is 10.2 Å². The van der Waals surface area contributed by atoms with Crippen LogP contribution in [-0.4, -0.2) is 31.1 Å². The topological polar surface area (TPSA) is 88.0 Å². The smallest absolute Gasteiger partial charge is 0.268 e. The lowest BCUT2D eigenvalue weighted by Gasteiger charge is -2.31. The highest BCUT2D eigenvalue weighted by atomic mass is 16.2. The van der Waals surface area contributed by atoms with Gasteiger partial charge in [-0.05, 0) is 43.5 Å². The molecule has 1 fully saturated rings. The van der Waals surface area contributed by atoms with Crippen LogP contribution < -0.4 is 5.32 Å². The first-order valence-corrected chi connectivity index (χ1v) is 9.72. The van der Waals surface area contributed by atoms with Crippen molar-refractivity contribution in [2.45, 2.75) is 32.4 Å². The van der Waals surface area contributed by atoms with E-state index in [9.17, 15) is 4.79 Å². The van der Waals surface area contributed by atoms with E-state index in [1.165, 1.54) is 0 Å². The highest BCUT2D eigenvalue weighted by molar-refractivity contribution is 5.98. The number of pyridine rings is 1. The zero-order chi connectivity index (χ0) is 20.0. The lowest BCUT2D eigenvalue weighted by atomic mass is 9.81. The highest BCUT2D eigenvalue weighted by Crippen LogP contribution is 2.28. The predicted octanol–water partition coefficient (Wildman–Crippen LogP) is 3.07. The van der Waals surface area contributed by atoms with E-state index >= 15 is 0 Å². The molecule has 0 bridgehead atoms. The lowest BCUT2D eigenvalue weighted by Crippen LogP contribution is -2.44. The Hall–Kier alpha value is -3.66. The first-order chi connectivity index (χ1) is 14.1. The molecule has 0 saturated heterocycles. The number of carbonyl (C=O) groups is 1. The maximum atomic E-state index is 13.1. The Morgan fingerprint density at radius 2 is 1.97 bits per heavy atom. The Bertz CT molecular complexity index is 1260. The number of carbonyl (C=O) groups excluding carboxylic acids is 1. The van der Waals surface area contributed by atoms with Gasteiger partial charge in [0.1, 0.15) is 11.5 Å². The molecule has 29 heavy (non-hydrogen) atoms. The Balaban J connectivity index is 1.60. The molecule has 7 nitrogen and oxygen atoms in total. The van der Waals surface area contributed by atoms with Gasteiger partial charge in [-0.25, -0.2) is 0 Å². The van der Waals surface area contributed by atoms with Crippen LogP contribution in [0.15, 0.2) is 48.5 Å². The van der Waals surface area contributed by atoms with Gasteiger partial charge in [0.05, 0.1) is 23.0 Å². The Labute approximate surface area is 167 Å². The van der Waals surface area contributed by atoms with E-state index in [4.69, 9.17) is 5.26 Å². The molecule has 7 heteroatoms. The monoisotopic (exact) mass is 384 g/mol. The van der Waals surface area contributed by atoms with Crippen LogP contribution in [0.5, 0.6) is 0 Å². The van der Waals surface area contributed by atoms with Gasteiger partial charge in [0, 0.05) is 12.6 Å². The Kier molecular flexibility index (Phi) is 4.06. The molecule has 1 N–H and O–H groups in total. The van der Waals surface area contributed by atoms with Gasteiger partial charge in [0.2, 0.25) is 0 Å². The molecular weight excluding hydrogens is 364 g/mol. The van der Waals surface area contributed by atoms with Crippen LogP contribution in [0.1, 0.15) is 34.7 Å². The van der Waals surface area contributed by atoms with Crippen molar-refractivity contribution in [2.75, 3.05) is 0 Å². The number of aromatic nitrogens is 4. The fraction of sp³-hybridized carbons (Fsp3) is 0.273. The standard InChI is InChI=1S/C22H20N6O/c1-14-25-26-21-8-7-18-19(28(14)21)11-20(22(29)24-17-9-16(10-17)12-23)27(18)13-15-5-3-2-4-6-15/h2-8,11,16-17H,9-10,13H2,1H3,(H,24,29). The minimum Gasteiger partial charge on any atom is -0.348 e. The van der Waals surface area contributed by atoms with E-state index in [0.29, 0.717) is 12.2 Å². The number of hydrogen-bond acceptors (Lipinski definition) is 4. The predicted molar refractivity (Wildman–Crippen MR) is 108 cm³/mol. The minimum atomic E-state index is -0.114. The molecule has 0 spiro atoms. The molecule has 0 aliphatic heterocycles. The molecule has 1 aliphatic rings. The van der Waals surface area contributed by atoms with Crippen molar-refractivity contribution in [1.82, 2.24) is 24.5 Å². The summed E-state index contributed by atoms with van der Waals surface area (Å²) in [7, 11) is 0. The van der Waals surface area contributed by atoms with Crippen molar-refractivity contribution in [2.24, 2.45) is 5.92 Å². The summed E-state index contributed by atoms with van der Waals surface area (Å²) in [6.45, 7) is 2.50. The van der Waals surface area contributed by atoms with Gasteiger partial charge in [-0.2, -0.15) is 5.26 Å². The van der Waals surface area contributed by atoms with Gasteiger partial charge in [0.15, 0.2) is 5.65 Å². The molecule has 0 unspecified atom stereocenters. The van der Waals surface area contributed by atoms with E-state index < -0.39 is 0 Å². The summed E-state index contributed by atoms with van der Waals surface area (Å²) in [4.78, 5) is 13.1. The van der Waals surface area contributed by atoms with Crippen LogP contribution in [0.4, 0.5) is 0 Å². The number of fused-ring (bicyclic) bond motifs is 3. The third-order valence-electron chi connectivity index (χ3n) is 5.67. The minimum absolute atomic E-state index is 0.0507. The van der Waals surface area contributed by atoms with Crippen LogP contribution in [0.3, 0.4) is 0 Å². The zero-order valence-electron chi connectivity index (χ0n) is 16.0. The van der Waals surface area contributed by atoms with E-state index in [1.807, 2.05) is 52.3 Å². The average Bonchev–Trinajstić information content (AvgIpc) is 3.26. The van der Waals surface area contributed by atoms with Crippen molar-refractivity contribution >= 4 is 22.6 Å². The van der Waals surface area contributed by atoms with Gasteiger partial charge < -0.3 is 9.88 Å². The molecule has 1 amide bonds. The number of hydrogen-bond donors (Lipinski definition) is 1. The van der Waals surface area contributed by atoms with Crippen LogP contribution in [-0.2, 0) is 6.54 Å². The number of aryl methyl sites for hydroxylation is 1. The van der Waals surface area contributed by atoms with E-state index in [-0.39, 0.29) is 17.9 Å². The van der Waals surface area contributed by atoms with Crippen molar-refractivity contribution in [1.29, 1.82) is 5.26 Å². The highest BCUT2D eigenvalue weighted by Gasteiger charge is 2.31. The van der Waals surface area contributed by atoms with E-state index in [1.54, 1.807) is 0 Å². The third kappa shape index (κ3) is 2.93. The Morgan fingerprint density at radius 1 is 1.17 bits per heavy atom. The number of nitrogens with zero attached hydrogens (tertiary/aromatic N) is 5. The SMILES string of the molecule is Cc1nnc2ccc3c(cc(C(=O)NC4CC(C#N)C4)n3Cc3ccccc3)n12. The second kappa shape index (κ2) is 6.74. The molecule has 1 aromatic carbocycles. The zero-order valence-corrected chi connectivity index (χ0v) is 16.0. The second-order valence-corrected chi connectivity index (χ2v) is 7.61. The van der Waals surface area contributed by atoms with Crippen molar-refractivity contribution in [3.8, 4) is 6.07 Å². The molecule has 3 heterocycles. The van der Waals surface area contributed by atoms with Gasteiger partial charge in [0.25, 0.3) is 5.91 Å². The molecule has 144 valence electrons. The summed E-state index contributed by atoms with van der Waals surface area (Å²) in [5.41, 5.74) is 4.35. The first kappa shape index (κ1) is 17.4. The summed E-state index contributed by atoms with van der Waals surface area (Å²) in [6, 6.07) is 18.2. The van der Waals surface area contributed by atoms with Crippen LogP contribution in [0.25, 0.3) is 16.7 Å². The fourth-order valence-electron chi connectivity index (χ4n) is 4.07. The van der Waals surface area contributed by atoms with Crippen LogP contribution in [0, 0.1) is 24.2 Å². The Morgan fingerprint density at radius 3 is 2.72 bits per heavy atom. The molecule has 3 aromatic heterocycles. The fourth-order valence-corrected chi connectivity index (χ4v) is 4.07. The summed E-state index contributed by atoms with van der Waals surface area (Å²) in [5.74, 6) is 0.720. The summed E-state index contributed by atoms with van der Waals surface area (Å²) in [6.07, 6.45) is 1.44. The van der Waals surface area contributed by atoms with Gasteiger partial charge >= 0.3 is 0 Å². The van der Waals surface area contributed by atoms with E-state index in [0.717, 1.165) is 40.9 Å². The summed E-state index contributed by atoms with van der Waals surface area (Å²) < 4.78 is 4.02. The van der Waals surface area contributed by atoms with Crippen LogP contribution >= 0.6 is 0 Å². The van der Waals surface area contributed by atoms with Crippen molar-refractivity contribution in [3.05, 3.63) is 65.6 Å². The maximum Gasteiger partial charge on any atom is 0.268 e. The van der Waals surface area contributed by atoms with Gasteiger partial charge in [-0.1, -0.05) is 30.3 Å². The maximum absolute atomic E-state index is 13.1. The second-order valence-electron chi connectivity index (χ2n) is 7.61. The molecule has 0 radical (unpaired) electrons. The molecule has 1 saturated carbocycles. The number of nitriles is 1. The lowest BCUT2D eigenvalue weighted by molar-refractivity contribution is 0.0896. The number of nitrogens with one attached hydrogen (secondary N) is 1. The first-order valence-electron chi connectivity index (χ1n) is 9.72. The van der Waals surface area contributed by atoms with Crippen molar-refractivity contribution in [3.63, 3.8) is 0 Å². The van der Waals surface area contributed by atoms with Crippen molar-refractivity contribution < 1.29 is 4.79 Å².